The molecule has 2 aromatic carbocycles. The minimum atomic E-state index is 0.0704. The number of anilines is 1. The maximum atomic E-state index is 13.0. The lowest BCUT2D eigenvalue weighted by molar-refractivity contribution is 0.103. The molecule has 0 spiro atoms. The molecular weight excluding hydrogens is 258 g/mol. The van der Waals surface area contributed by atoms with Gasteiger partial charge in [-0.05, 0) is 81.0 Å². The molecule has 2 nitrogen and oxygen atoms in total. The van der Waals surface area contributed by atoms with Gasteiger partial charge in [-0.3, -0.25) is 4.79 Å². The van der Waals surface area contributed by atoms with E-state index in [4.69, 9.17) is 5.73 Å². The van der Waals surface area contributed by atoms with Crippen molar-refractivity contribution in [1.82, 2.24) is 0 Å². The van der Waals surface area contributed by atoms with E-state index in [1.165, 1.54) is 0 Å². The molecule has 2 rings (SSSR count). The van der Waals surface area contributed by atoms with Crippen molar-refractivity contribution in [2.75, 3.05) is 5.73 Å². The first kappa shape index (κ1) is 15.3. The van der Waals surface area contributed by atoms with Crippen molar-refractivity contribution in [1.29, 1.82) is 0 Å². The number of ketones is 1. The lowest BCUT2D eigenvalue weighted by Gasteiger charge is -2.16. The quantitative estimate of drug-likeness (QED) is 0.657. The molecule has 0 amide bonds. The van der Waals surface area contributed by atoms with Crippen LogP contribution in [-0.4, -0.2) is 5.78 Å². The molecule has 0 unspecified atom stereocenters. The third-order valence-electron chi connectivity index (χ3n) is 4.45. The molecule has 0 saturated heterocycles. The van der Waals surface area contributed by atoms with Gasteiger partial charge in [-0.15, -0.1) is 0 Å². The molecule has 0 aliphatic carbocycles. The standard InChI is InChI=1S/C19H23NO/c1-10-7-11(2)15(6)18(14(10)5)19(21)16-9-17(20)13(4)8-12(16)3/h7-9H,20H2,1-6H3. The highest BCUT2D eigenvalue weighted by atomic mass is 16.1. The molecule has 110 valence electrons. The smallest absolute Gasteiger partial charge is 0.193 e. The zero-order chi connectivity index (χ0) is 15.9. The molecule has 0 bridgehead atoms. The predicted molar refractivity (Wildman–Crippen MR) is 89.2 cm³/mol. The molecule has 2 aromatic rings. The molecule has 0 aromatic heterocycles. The maximum Gasteiger partial charge on any atom is 0.193 e. The molecule has 0 atom stereocenters. The fraction of sp³-hybridized carbons (Fsp3) is 0.316. The van der Waals surface area contributed by atoms with Gasteiger partial charge in [0.2, 0.25) is 0 Å². The highest BCUT2D eigenvalue weighted by molar-refractivity contribution is 6.12. The number of hydrogen-bond acceptors (Lipinski definition) is 2. The second-order valence-electron chi connectivity index (χ2n) is 5.99. The van der Waals surface area contributed by atoms with Crippen LogP contribution in [0.3, 0.4) is 0 Å². The van der Waals surface area contributed by atoms with Gasteiger partial charge < -0.3 is 5.73 Å². The largest absolute Gasteiger partial charge is 0.398 e. The van der Waals surface area contributed by atoms with Crippen LogP contribution in [0.4, 0.5) is 5.69 Å². The van der Waals surface area contributed by atoms with Crippen molar-refractivity contribution in [2.24, 2.45) is 0 Å². The van der Waals surface area contributed by atoms with Crippen molar-refractivity contribution in [2.45, 2.75) is 41.5 Å². The summed E-state index contributed by atoms with van der Waals surface area (Å²) in [7, 11) is 0. The van der Waals surface area contributed by atoms with E-state index < -0.39 is 0 Å². The van der Waals surface area contributed by atoms with Crippen LogP contribution < -0.4 is 5.73 Å². The number of carbonyl (C=O) groups excluding carboxylic acids is 1. The van der Waals surface area contributed by atoms with Crippen LogP contribution in [0.2, 0.25) is 0 Å². The Labute approximate surface area is 127 Å². The van der Waals surface area contributed by atoms with E-state index in [9.17, 15) is 4.79 Å². The second-order valence-corrected chi connectivity index (χ2v) is 5.99. The zero-order valence-corrected chi connectivity index (χ0v) is 13.7. The fourth-order valence-electron chi connectivity index (χ4n) is 2.81. The van der Waals surface area contributed by atoms with E-state index in [0.29, 0.717) is 11.3 Å². The van der Waals surface area contributed by atoms with Crippen LogP contribution in [0.5, 0.6) is 0 Å². The average molecular weight is 281 g/mol. The van der Waals surface area contributed by atoms with Crippen LogP contribution in [-0.2, 0) is 0 Å². The van der Waals surface area contributed by atoms with E-state index in [2.05, 4.69) is 19.9 Å². The first-order valence-corrected chi connectivity index (χ1v) is 7.22. The third kappa shape index (κ3) is 2.58. The summed E-state index contributed by atoms with van der Waals surface area (Å²) in [4.78, 5) is 13.0. The van der Waals surface area contributed by atoms with E-state index >= 15 is 0 Å². The molecule has 0 aliphatic rings. The summed E-state index contributed by atoms with van der Waals surface area (Å²) in [5, 5.41) is 0. The second kappa shape index (κ2) is 5.36. The molecule has 2 N–H and O–H groups in total. The molecular formula is C19H23NO. The van der Waals surface area contributed by atoms with Crippen LogP contribution in [0, 0.1) is 41.5 Å². The minimum Gasteiger partial charge on any atom is -0.398 e. The Morgan fingerprint density at radius 3 is 1.76 bits per heavy atom. The van der Waals surface area contributed by atoms with E-state index in [1.807, 2.05) is 39.8 Å². The summed E-state index contributed by atoms with van der Waals surface area (Å²) in [6.45, 7) is 12.1. The maximum absolute atomic E-state index is 13.0. The Morgan fingerprint density at radius 1 is 0.762 bits per heavy atom. The van der Waals surface area contributed by atoms with Gasteiger partial charge in [0.15, 0.2) is 5.78 Å². The first-order chi connectivity index (χ1) is 9.73. The molecule has 0 saturated carbocycles. The van der Waals surface area contributed by atoms with Crippen LogP contribution in [0.1, 0.15) is 49.3 Å². The number of rotatable bonds is 2. The van der Waals surface area contributed by atoms with Gasteiger partial charge in [-0.1, -0.05) is 12.1 Å². The van der Waals surface area contributed by atoms with Crippen molar-refractivity contribution in [3.05, 3.63) is 62.7 Å². The Morgan fingerprint density at radius 2 is 1.24 bits per heavy atom. The summed E-state index contributed by atoms with van der Waals surface area (Å²) in [5.41, 5.74) is 14.6. The van der Waals surface area contributed by atoms with Gasteiger partial charge in [-0.25, -0.2) is 0 Å². The lowest BCUT2D eigenvalue weighted by atomic mass is 9.87. The van der Waals surface area contributed by atoms with Crippen molar-refractivity contribution in [3.8, 4) is 0 Å². The Balaban J connectivity index is 2.69. The summed E-state index contributed by atoms with van der Waals surface area (Å²) >= 11 is 0. The normalized spacial score (nSPS) is 10.8. The first-order valence-electron chi connectivity index (χ1n) is 7.22. The molecule has 0 heterocycles. The number of nitrogen functional groups attached to an aromatic ring is 1. The van der Waals surface area contributed by atoms with Gasteiger partial charge in [0.25, 0.3) is 0 Å². The number of carbonyl (C=O) groups is 1. The topological polar surface area (TPSA) is 43.1 Å². The van der Waals surface area contributed by atoms with Gasteiger partial charge in [0.1, 0.15) is 0 Å². The summed E-state index contributed by atoms with van der Waals surface area (Å²) < 4.78 is 0. The number of hydrogen-bond donors (Lipinski definition) is 1. The minimum absolute atomic E-state index is 0.0704. The molecule has 0 fully saturated rings. The lowest BCUT2D eigenvalue weighted by Crippen LogP contribution is -2.11. The highest BCUT2D eigenvalue weighted by Crippen LogP contribution is 2.27. The van der Waals surface area contributed by atoms with Crippen molar-refractivity contribution < 1.29 is 4.79 Å². The number of benzene rings is 2. The van der Waals surface area contributed by atoms with Crippen LogP contribution in [0.15, 0.2) is 18.2 Å². The van der Waals surface area contributed by atoms with Gasteiger partial charge >= 0.3 is 0 Å². The average Bonchev–Trinajstić information content (AvgIpc) is 2.40. The Bertz CT molecular complexity index is 716. The van der Waals surface area contributed by atoms with Crippen LogP contribution >= 0.6 is 0 Å². The van der Waals surface area contributed by atoms with E-state index in [0.717, 1.165) is 38.9 Å². The fourth-order valence-corrected chi connectivity index (χ4v) is 2.81. The SMILES string of the molecule is Cc1cc(C)c(C(=O)c2c(C)c(C)cc(C)c2C)cc1N. The van der Waals surface area contributed by atoms with Gasteiger partial charge in [0.05, 0.1) is 0 Å². The summed E-state index contributed by atoms with van der Waals surface area (Å²) in [6.07, 6.45) is 0. The summed E-state index contributed by atoms with van der Waals surface area (Å²) in [5.74, 6) is 0.0704. The van der Waals surface area contributed by atoms with Gasteiger partial charge in [-0.2, -0.15) is 0 Å². The van der Waals surface area contributed by atoms with Crippen LogP contribution in [0.25, 0.3) is 0 Å². The molecule has 21 heavy (non-hydrogen) atoms. The zero-order valence-electron chi connectivity index (χ0n) is 13.7. The monoisotopic (exact) mass is 281 g/mol. The summed E-state index contributed by atoms with van der Waals surface area (Å²) in [6, 6.07) is 5.93. The molecule has 0 radical (unpaired) electrons. The van der Waals surface area contributed by atoms with Crippen molar-refractivity contribution in [3.63, 3.8) is 0 Å². The van der Waals surface area contributed by atoms with Crippen molar-refractivity contribution >= 4 is 11.5 Å². The third-order valence-corrected chi connectivity index (χ3v) is 4.45. The molecule has 0 aliphatic heterocycles. The highest BCUT2D eigenvalue weighted by Gasteiger charge is 2.19. The predicted octanol–water partition coefficient (Wildman–Crippen LogP) is 4.35. The number of aryl methyl sites for hydroxylation is 4. The van der Waals surface area contributed by atoms with E-state index in [-0.39, 0.29) is 5.78 Å². The Kier molecular flexibility index (Phi) is 3.91. The Hall–Kier alpha value is -2.09. The molecule has 2 heteroatoms. The number of nitrogens with two attached hydrogens (primary N) is 1. The van der Waals surface area contributed by atoms with Gasteiger partial charge in [0, 0.05) is 16.8 Å². The van der Waals surface area contributed by atoms with E-state index in [1.54, 1.807) is 0 Å².